The van der Waals surface area contributed by atoms with Crippen molar-refractivity contribution in [3.8, 4) is 0 Å². The maximum absolute atomic E-state index is 12.2. The molecule has 2 N–H and O–H groups in total. The largest absolute Gasteiger partial charge is 0.393 e. The van der Waals surface area contributed by atoms with E-state index in [2.05, 4.69) is 0 Å². The van der Waals surface area contributed by atoms with E-state index in [0.717, 1.165) is 18.5 Å². The smallest absolute Gasteiger partial charge is 0.227 e. The molecule has 0 unspecified atom stereocenters. The number of nitrogens with two attached hydrogens (primary N) is 1. The summed E-state index contributed by atoms with van der Waals surface area (Å²) in [6.07, 6.45) is 1.87. The summed E-state index contributed by atoms with van der Waals surface area (Å²) in [5.41, 5.74) is 6.45. The van der Waals surface area contributed by atoms with Crippen LogP contribution in [0.2, 0.25) is 5.02 Å². The summed E-state index contributed by atoms with van der Waals surface area (Å²) < 4.78 is 0. The van der Waals surface area contributed by atoms with Crippen LogP contribution >= 0.6 is 23.8 Å². The second-order valence-corrected chi connectivity index (χ2v) is 5.36. The number of carbonyl (C=O) groups excluding carboxylic acids is 1. The predicted molar refractivity (Wildman–Crippen MR) is 83.4 cm³/mol. The average molecular weight is 299 g/mol. The minimum atomic E-state index is 0.0976. The van der Waals surface area contributed by atoms with Gasteiger partial charge in [0, 0.05) is 24.5 Å². The summed E-state index contributed by atoms with van der Waals surface area (Å²) in [4.78, 5) is 14.5. The van der Waals surface area contributed by atoms with Gasteiger partial charge in [-0.3, -0.25) is 4.79 Å². The van der Waals surface area contributed by atoms with Crippen molar-refractivity contribution in [1.29, 1.82) is 0 Å². The molecule has 0 heterocycles. The fourth-order valence-electron chi connectivity index (χ4n) is 1.76. The molecule has 0 atom stereocenters. The van der Waals surface area contributed by atoms with Gasteiger partial charge in [0.2, 0.25) is 5.91 Å². The third kappa shape index (κ3) is 6.03. The van der Waals surface area contributed by atoms with Crippen molar-refractivity contribution in [2.45, 2.75) is 26.2 Å². The molecule has 0 saturated carbocycles. The molecule has 0 aliphatic rings. The minimum Gasteiger partial charge on any atom is -0.393 e. The Kier molecular flexibility index (Phi) is 6.81. The van der Waals surface area contributed by atoms with Crippen molar-refractivity contribution in [3.05, 3.63) is 34.9 Å². The molecule has 1 rings (SSSR count). The number of thiocarbonyl (C=S) groups is 1. The van der Waals surface area contributed by atoms with Crippen molar-refractivity contribution in [2.75, 3.05) is 13.1 Å². The van der Waals surface area contributed by atoms with Crippen LogP contribution in [0.1, 0.15) is 25.3 Å². The molecule has 0 bridgehead atoms. The summed E-state index contributed by atoms with van der Waals surface area (Å²) in [6, 6.07) is 7.34. The van der Waals surface area contributed by atoms with Gasteiger partial charge in [0.15, 0.2) is 0 Å². The molecule has 3 nitrogen and oxygen atoms in total. The zero-order valence-electron chi connectivity index (χ0n) is 11.1. The predicted octanol–water partition coefficient (Wildman–Crippen LogP) is 2.80. The molecule has 5 heteroatoms. The van der Waals surface area contributed by atoms with Gasteiger partial charge in [0.1, 0.15) is 0 Å². The van der Waals surface area contributed by atoms with Crippen molar-refractivity contribution in [3.63, 3.8) is 0 Å². The molecule has 0 aliphatic heterocycles. The number of carbonyl (C=O) groups is 1. The maximum Gasteiger partial charge on any atom is 0.227 e. The zero-order chi connectivity index (χ0) is 14.3. The SMILES string of the molecule is CCCN(CCC(N)=S)C(=O)Cc1ccc(Cl)cc1. The average Bonchev–Trinajstić information content (AvgIpc) is 2.37. The molecule has 1 aromatic carbocycles. The Morgan fingerprint density at radius 3 is 2.47 bits per heavy atom. The molecule has 0 radical (unpaired) electrons. The first-order valence-electron chi connectivity index (χ1n) is 6.33. The lowest BCUT2D eigenvalue weighted by Gasteiger charge is -2.22. The van der Waals surface area contributed by atoms with Crippen LogP contribution in [0.3, 0.4) is 0 Å². The fraction of sp³-hybridized carbons (Fsp3) is 0.429. The van der Waals surface area contributed by atoms with E-state index in [-0.39, 0.29) is 5.91 Å². The fourth-order valence-corrected chi connectivity index (χ4v) is 1.98. The summed E-state index contributed by atoms with van der Waals surface area (Å²) in [5.74, 6) is 0.0976. The summed E-state index contributed by atoms with van der Waals surface area (Å²) >= 11 is 10.7. The molecular weight excluding hydrogens is 280 g/mol. The van der Waals surface area contributed by atoms with Crippen LogP contribution in [0.5, 0.6) is 0 Å². The standard InChI is InChI=1S/C14H19ClN2OS/c1-2-8-17(9-7-13(16)19)14(18)10-11-3-5-12(15)6-4-11/h3-6H,2,7-10H2,1H3,(H2,16,19). The van der Waals surface area contributed by atoms with Gasteiger partial charge in [-0.2, -0.15) is 0 Å². The van der Waals surface area contributed by atoms with E-state index in [4.69, 9.17) is 29.6 Å². The molecular formula is C14H19ClN2OS. The first-order valence-corrected chi connectivity index (χ1v) is 7.12. The summed E-state index contributed by atoms with van der Waals surface area (Å²) in [6.45, 7) is 3.37. The second-order valence-electron chi connectivity index (χ2n) is 4.40. The molecule has 0 spiro atoms. The monoisotopic (exact) mass is 298 g/mol. The van der Waals surface area contributed by atoms with E-state index in [1.807, 2.05) is 24.0 Å². The van der Waals surface area contributed by atoms with E-state index < -0.39 is 0 Å². The highest BCUT2D eigenvalue weighted by molar-refractivity contribution is 7.80. The lowest BCUT2D eigenvalue weighted by molar-refractivity contribution is -0.130. The highest BCUT2D eigenvalue weighted by atomic mass is 35.5. The first-order chi connectivity index (χ1) is 9.02. The van der Waals surface area contributed by atoms with E-state index >= 15 is 0 Å². The van der Waals surface area contributed by atoms with Gasteiger partial charge in [-0.1, -0.05) is 42.9 Å². The van der Waals surface area contributed by atoms with Gasteiger partial charge in [-0.05, 0) is 24.1 Å². The quantitative estimate of drug-likeness (QED) is 0.787. The zero-order valence-corrected chi connectivity index (χ0v) is 12.6. The lowest BCUT2D eigenvalue weighted by Crippen LogP contribution is -2.35. The van der Waals surface area contributed by atoms with Crippen LogP contribution in [-0.2, 0) is 11.2 Å². The number of amides is 1. The third-order valence-corrected chi connectivity index (χ3v) is 3.20. The molecule has 1 aromatic rings. The molecule has 0 aromatic heterocycles. The normalized spacial score (nSPS) is 10.2. The van der Waals surface area contributed by atoms with Gasteiger partial charge in [-0.15, -0.1) is 0 Å². The number of rotatable bonds is 7. The van der Waals surface area contributed by atoms with E-state index in [9.17, 15) is 4.79 Å². The van der Waals surface area contributed by atoms with Gasteiger partial charge in [-0.25, -0.2) is 0 Å². The Labute approximate surface area is 124 Å². The van der Waals surface area contributed by atoms with Gasteiger partial charge in [0.05, 0.1) is 11.4 Å². The van der Waals surface area contributed by atoms with Crippen molar-refractivity contribution >= 4 is 34.7 Å². The molecule has 0 aliphatic carbocycles. The van der Waals surface area contributed by atoms with Crippen LogP contribution in [0.4, 0.5) is 0 Å². The van der Waals surface area contributed by atoms with Gasteiger partial charge < -0.3 is 10.6 Å². The molecule has 104 valence electrons. The number of nitrogens with zero attached hydrogens (tertiary/aromatic N) is 1. The minimum absolute atomic E-state index is 0.0976. The Morgan fingerprint density at radius 1 is 1.32 bits per heavy atom. The van der Waals surface area contributed by atoms with Crippen LogP contribution in [0.15, 0.2) is 24.3 Å². The summed E-state index contributed by atoms with van der Waals surface area (Å²) in [7, 11) is 0. The first kappa shape index (κ1) is 15.9. The van der Waals surface area contributed by atoms with E-state index in [1.165, 1.54) is 0 Å². The second kappa shape index (κ2) is 8.12. The van der Waals surface area contributed by atoms with Gasteiger partial charge >= 0.3 is 0 Å². The number of hydrogen-bond donors (Lipinski definition) is 1. The van der Waals surface area contributed by atoms with Crippen molar-refractivity contribution in [1.82, 2.24) is 4.90 Å². The molecule has 19 heavy (non-hydrogen) atoms. The highest BCUT2D eigenvalue weighted by Crippen LogP contribution is 2.11. The van der Waals surface area contributed by atoms with Crippen molar-refractivity contribution in [2.24, 2.45) is 5.73 Å². The molecule has 1 amide bonds. The number of halogens is 1. The summed E-state index contributed by atoms with van der Waals surface area (Å²) in [5, 5.41) is 0.676. The number of hydrogen-bond acceptors (Lipinski definition) is 2. The molecule has 0 saturated heterocycles. The van der Waals surface area contributed by atoms with Crippen molar-refractivity contribution < 1.29 is 4.79 Å². The Morgan fingerprint density at radius 2 is 1.95 bits per heavy atom. The van der Waals surface area contributed by atoms with Crippen LogP contribution in [-0.4, -0.2) is 28.9 Å². The van der Waals surface area contributed by atoms with Gasteiger partial charge in [0.25, 0.3) is 0 Å². The number of benzene rings is 1. The van der Waals surface area contributed by atoms with Crippen LogP contribution in [0.25, 0.3) is 0 Å². The van der Waals surface area contributed by atoms with E-state index in [0.29, 0.717) is 29.4 Å². The third-order valence-electron chi connectivity index (χ3n) is 2.74. The highest BCUT2D eigenvalue weighted by Gasteiger charge is 2.13. The van der Waals surface area contributed by atoms with Crippen LogP contribution in [0, 0.1) is 0 Å². The Bertz CT molecular complexity index is 434. The van der Waals surface area contributed by atoms with Crippen LogP contribution < -0.4 is 5.73 Å². The topological polar surface area (TPSA) is 46.3 Å². The maximum atomic E-state index is 12.2. The lowest BCUT2D eigenvalue weighted by atomic mass is 10.1. The van der Waals surface area contributed by atoms with E-state index in [1.54, 1.807) is 12.1 Å². The molecule has 0 fully saturated rings. The Hall–Kier alpha value is -1.13. The Balaban J connectivity index is 2.60.